The number of hydrogen-bond acceptors (Lipinski definition) is 4. The van der Waals surface area contributed by atoms with Crippen LogP contribution in [0.1, 0.15) is 10.4 Å². The average Bonchev–Trinajstić information content (AvgIpc) is 2.53. The molecule has 0 fully saturated rings. The Balaban J connectivity index is 2.83. The van der Waals surface area contributed by atoms with Gasteiger partial charge in [-0.3, -0.25) is 0 Å². The molecule has 3 nitrogen and oxygen atoms in total. The highest BCUT2D eigenvalue weighted by atomic mass is 32.2. The van der Waals surface area contributed by atoms with Crippen LogP contribution in [-0.4, -0.2) is 11.1 Å². The molecule has 0 aromatic carbocycles. The number of carboxylic acids is 1. The summed E-state index contributed by atoms with van der Waals surface area (Å²) in [5, 5.41) is 12.9. The van der Waals surface area contributed by atoms with Crippen LogP contribution in [0.5, 0.6) is 0 Å². The molecule has 12 heavy (non-hydrogen) atoms. The fourth-order valence-electron chi connectivity index (χ4n) is 1.03. The van der Waals surface area contributed by atoms with Crippen molar-refractivity contribution in [3.63, 3.8) is 0 Å². The van der Waals surface area contributed by atoms with E-state index in [0.29, 0.717) is 16.6 Å². The van der Waals surface area contributed by atoms with Crippen molar-refractivity contribution >= 4 is 43.7 Å². The zero-order chi connectivity index (χ0) is 8.72. The second kappa shape index (κ2) is 2.46. The van der Waals surface area contributed by atoms with Crippen molar-refractivity contribution in [2.75, 3.05) is 5.73 Å². The summed E-state index contributed by atoms with van der Waals surface area (Å²) in [4.78, 5) is 10.7. The molecular weight excluding hydrogens is 194 g/mol. The molecule has 0 bridgehead atoms. The highest BCUT2D eigenvalue weighted by molar-refractivity contribution is 7.37. The number of nitrogens with two attached hydrogens (primary N) is 1. The van der Waals surface area contributed by atoms with E-state index >= 15 is 0 Å². The molecule has 0 radical (unpaired) electrons. The van der Waals surface area contributed by atoms with Gasteiger partial charge in [0.2, 0.25) is 0 Å². The smallest absolute Gasteiger partial charge is 0.337 e. The summed E-state index contributed by atoms with van der Waals surface area (Å²) < 4.78 is 0.977. The summed E-state index contributed by atoms with van der Waals surface area (Å²) in [5.74, 6) is -0.911. The van der Waals surface area contributed by atoms with Crippen molar-refractivity contribution in [1.29, 1.82) is 0 Å². The zero-order valence-electron chi connectivity index (χ0n) is 5.90. The molecule has 2 heterocycles. The fraction of sp³-hybridized carbons (Fsp3) is 0. The van der Waals surface area contributed by atoms with Gasteiger partial charge in [0.25, 0.3) is 0 Å². The van der Waals surface area contributed by atoms with Crippen molar-refractivity contribution in [1.82, 2.24) is 0 Å². The van der Waals surface area contributed by atoms with Crippen LogP contribution in [0.3, 0.4) is 0 Å². The van der Waals surface area contributed by atoms with Gasteiger partial charge in [-0.05, 0) is 0 Å². The predicted octanol–water partition coefficient (Wildman–Crippen LogP) is 2.24. The van der Waals surface area contributed by atoms with E-state index in [0.717, 1.165) is 4.01 Å². The van der Waals surface area contributed by atoms with Crippen LogP contribution in [0.25, 0.3) is 9.40 Å². The molecule has 5 heteroatoms. The standard InChI is InChI=1S/C7H5NO2S2/c8-4-2-12-7-5(4)3(1-11-7)6(9)10/h1-2H,8H2,(H,9,10). The lowest BCUT2D eigenvalue weighted by Gasteiger charge is -1.88. The number of rotatable bonds is 1. The Hall–Kier alpha value is -1.07. The maximum atomic E-state index is 10.7. The quantitative estimate of drug-likeness (QED) is 0.740. The Morgan fingerprint density at radius 3 is 2.75 bits per heavy atom. The van der Waals surface area contributed by atoms with E-state index in [9.17, 15) is 4.79 Å². The van der Waals surface area contributed by atoms with Gasteiger partial charge in [0.1, 0.15) is 0 Å². The number of aromatic carboxylic acids is 1. The summed E-state index contributed by atoms with van der Waals surface area (Å²) in [7, 11) is 0. The fourth-order valence-corrected chi connectivity index (χ4v) is 3.03. The molecule has 0 aliphatic heterocycles. The number of nitrogen functional groups attached to an aromatic ring is 1. The minimum Gasteiger partial charge on any atom is -0.478 e. The van der Waals surface area contributed by atoms with Crippen molar-refractivity contribution in [3.8, 4) is 0 Å². The molecule has 0 aliphatic rings. The summed E-state index contributed by atoms with van der Waals surface area (Å²) in [6, 6.07) is 0. The number of hydrogen-bond donors (Lipinski definition) is 2. The van der Waals surface area contributed by atoms with Gasteiger partial charge in [0.15, 0.2) is 0 Å². The van der Waals surface area contributed by atoms with Crippen molar-refractivity contribution in [2.24, 2.45) is 0 Å². The molecule has 0 aliphatic carbocycles. The van der Waals surface area contributed by atoms with Crippen LogP contribution >= 0.6 is 22.7 Å². The maximum Gasteiger partial charge on any atom is 0.337 e. The monoisotopic (exact) mass is 199 g/mol. The summed E-state index contributed by atoms with van der Waals surface area (Å²) >= 11 is 2.90. The van der Waals surface area contributed by atoms with Crippen molar-refractivity contribution in [2.45, 2.75) is 0 Å². The van der Waals surface area contributed by atoms with Crippen molar-refractivity contribution < 1.29 is 9.90 Å². The van der Waals surface area contributed by atoms with E-state index in [4.69, 9.17) is 10.8 Å². The molecule has 0 amide bonds. The molecule has 2 aromatic heterocycles. The lowest BCUT2D eigenvalue weighted by Crippen LogP contribution is -1.94. The third kappa shape index (κ3) is 0.904. The Bertz CT molecular complexity index is 443. The van der Waals surface area contributed by atoms with E-state index in [1.54, 1.807) is 10.8 Å². The molecule has 0 saturated carbocycles. The molecule has 0 atom stereocenters. The van der Waals surface area contributed by atoms with Crippen LogP contribution in [0.15, 0.2) is 10.8 Å². The molecule has 0 spiro atoms. The van der Waals surface area contributed by atoms with Gasteiger partial charge < -0.3 is 10.8 Å². The minimum absolute atomic E-state index is 0.314. The minimum atomic E-state index is -0.911. The summed E-state index contributed by atoms with van der Waals surface area (Å²) in [6.07, 6.45) is 0. The first kappa shape index (κ1) is 7.57. The van der Waals surface area contributed by atoms with Gasteiger partial charge in [0, 0.05) is 16.1 Å². The van der Waals surface area contributed by atoms with Crippen LogP contribution < -0.4 is 5.73 Å². The van der Waals surface area contributed by atoms with Gasteiger partial charge in [-0.15, -0.1) is 22.7 Å². The number of carboxylic acid groups (broad SMARTS) is 1. The number of thiophene rings is 2. The first-order valence-electron chi connectivity index (χ1n) is 3.17. The highest BCUT2D eigenvalue weighted by Gasteiger charge is 2.14. The molecule has 0 saturated heterocycles. The maximum absolute atomic E-state index is 10.7. The van der Waals surface area contributed by atoms with E-state index in [1.165, 1.54) is 22.7 Å². The van der Waals surface area contributed by atoms with E-state index in [1.807, 2.05) is 0 Å². The third-order valence-corrected chi connectivity index (χ3v) is 3.71. The summed E-state index contributed by atoms with van der Waals surface area (Å²) in [6.45, 7) is 0. The Morgan fingerprint density at radius 2 is 2.08 bits per heavy atom. The Kier molecular flexibility index (Phi) is 1.55. The Labute approximate surface area is 76.1 Å². The van der Waals surface area contributed by atoms with Gasteiger partial charge in [-0.2, -0.15) is 0 Å². The predicted molar refractivity (Wildman–Crippen MR) is 51.1 cm³/mol. The second-order valence-corrected chi connectivity index (χ2v) is 4.33. The van der Waals surface area contributed by atoms with Gasteiger partial charge in [-0.25, -0.2) is 4.79 Å². The molecule has 2 rings (SSSR count). The van der Waals surface area contributed by atoms with Crippen LogP contribution in [-0.2, 0) is 0 Å². The van der Waals surface area contributed by atoms with Crippen LogP contribution in [0.4, 0.5) is 5.69 Å². The number of anilines is 1. The largest absolute Gasteiger partial charge is 0.478 e. The first-order valence-corrected chi connectivity index (χ1v) is 4.93. The number of carbonyl (C=O) groups is 1. The lowest BCUT2D eigenvalue weighted by molar-refractivity contribution is 0.0699. The van der Waals surface area contributed by atoms with Gasteiger partial charge in [-0.1, -0.05) is 0 Å². The number of fused-ring (bicyclic) bond motifs is 1. The topological polar surface area (TPSA) is 63.3 Å². The molecule has 2 aromatic rings. The van der Waals surface area contributed by atoms with E-state index < -0.39 is 5.97 Å². The summed E-state index contributed by atoms with van der Waals surface area (Å²) in [5.41, 5.74) is 6.49. The molecule has 0 unspecified atom stereocenters. The van der Waals surface area contributed by atoms with Gasteiger partial charge in [0.05, 0.1) is 15.3 Å². The van der Waals surface area contributed by atoms with E-state index in [2.05, 4.69) is 0 Å². The molecule has 62 valence electrons. The Morgan fingerprint density at radius 1 is 1.42 bits per heavy atom. The van der Waals surface area contributed by atoms with Crippen LogP contribution in [0, 0.1) is 0 Å². The third-order valence-electron chi connectivity index (χ3n) is 1.57. The van der Waals surface area contributed by atoms with Crippen molar-refractivity contribution in [3.05, 3.63) is 16.3 Å². The average molecular weight is 199 g/mol. The second-order valence-electron chi connectivity index (χ2n) is 2.31. The zero-order valence-corrected chi connectivity index (χ0v) is 7.54. The highest BCUT2D eigenvalue weighted by Crippen LogP contribution is 2.35. The molecular formula is C7H5NO2S2. The molecule has 3 N–H and O–H groups in total. The lowest BCUT2D eigenvalue weighted by atomic mass is 10.2. The van der Waals surface area contributed by atoms with Crippen LogP contribution in [0.2, 0.25) is 0 Å². The van der Waals surface area contributed by atoms with Gasteiger partial charge >= 0.3 is 5.97 Å². The first-order chi connectivity index (χ1) is 5.70. The SMILES string of the molecule is Nc1csc2scc(C(=O)O)c12. The normalized spacial score (nSPS) is 10.7. The van der Waals surface area contributed by atoms with E-state index in [-0.39, 0.29) is 0 Å².